The number of carboxylic acids is 1. The van der Waals surface area contributed by atoms with E-state index < -0.39 is 21.6 Å². The van der Waals surface area contributed by atoms with Gasteiger partial charge in [-0.25, -0.2) is 8.42 Å². The van der Waals surface area contributed by atoms with Crippen LogP contribution in [-0.4, -0.2) is 41.2 Å². The van der Waals surface area contributed by atoms with E-state index in [4.69, 9.17) is 16.3 Å². The molecule has 2 aromatic heterocycles. The fourth-order valence-electron chi connectivity index (χ4n) is 5.35. The van der Waals surface area contributed by atoms with E-state index in [0.29, 0.717) is 45.3 Å². The molecule has 1 aliphatic rings. The number of aliphatic carboxylic acids is 1. The largest absolute Gasteiger partial charge is 0.487 e. The summed E-state index contributed by atoms with van der Waals surface area (Å²) < 4.78 is 37.5. The van der Waals surface area contributed by atoms with Crippen molar-refractivity contribution in [2.75, 3.05) is 10.8 Å². The molecule has 0 bridgehead atoms. The van der Waals surface area contributed by atoms with Crippen molar-refractivity contribution in [1.29, 1.82) is 0 Å². The highest BCUT2D eigenvalue weighted by Gasteiger charge is 2.35. The van der Waals surface area contributed by atoms with Crippen LogP contribution in [0.5, 0.6) is 5.75 Å². The summed E-state index contributed by atoms with van der Waals surface area (Å²) in [5.41, 5.74) is 4.15. The first kappa shape index (κ1) is 27.0. The summed E-state index contributed by atoms with van der Waals surface area (Å²) in [6.45, 7) is 10.2. The van der Waals surface area contributed by atoms with E-state index >= 15 is 0 Å². The van der Waals surface area contributed by atoms with E-state index in [1.807, 2.05) is 39.8 Å². The van der Waals surface area contributed by atoms with Gasteiger partial charge in [-0.3, -0.25) is 14.1 Å². The van der Waals surface area contributed by atoms with Crippen molar-refractivity contribution in [3.05, 3.63) is 70.6 Å². The topological polar surface area (TPSA) is 102 Å². The third kappa shape index (κ3) is 4.74. The van der Waals surface area contributed by atoms with Gasteiger partial charge in [-0.05, 0) is 87.7 Å². The molecule has 204 valence electrons. The lowest BCUT2D eigenvalue weighted by Gasteiger charge is -2.33. The number of hydrogen-bond acceptors (Lipinski definition) is 5. The van der Waals surface area contributed by atoms with E-state index in [1.165, 1.54) is 22.8 Å². The Morgan fingerprint density at radius 3 is 2.54 bits per heavy atom. The predicted octanol–water partition coefficient (Wildman–Crippen LogP) is 5.99. The Bertz CT molecular complexity index is 1720. The van der Waals surface area contributed by atoms with E-state index in [0.717, 1.165) is 16.6 Å². The van der Waals surface area contributed by atoms with Crippen molar-refractivity contribution in [3.63, 3.8) is 0 Å². The second kappa shape index (κ2) is 9.57. The van der Waals surface area contributed by atoms with Crippen molar-refractivity contribution in [2.24, 2.45) is 0 Å². The third-order valence-electron chi connectivity index (χ3n) is 6.86. The molecule has 0 unspecified atom stereocenters. The van der Waals surface area contributed by atoms with Crippen LogP contribution in [0.15, 0.2) is 53.7 Å². The minimum absolute atomic E-state index is 0.0803. The highest BCUT2D eigenvalue weighted by atomic mass is 35.5. The lowest BCUT2D eigenvalue weighted by molar-refractivity contribution is -0.136. The number of aromatic nitrogens is 2. The second-order valence-electron chi connectivity index (χ2n) is 10.7. The monoisotopic (exact) mass is 567 g/mol. The molecular formula is C29H30ClN3O5S. The first-order chi connectivity index (χ1) is 18.3. The number of sulfonamides is 1. The SMILES string of the molecule is Cc1c(CC(=O)O)c(-c2ccc(Cl)cc2OC(C)(C)C)c2cc(C)n3c2c1N(S(=O)(=O)c1cccnc1)CC3. The minimum Gasteiger partial charge on any atom is -0.487 e. The zero-order valence-electron chi connectivity index (χ0n) is 22.4. The zero-order valence-corrected chi connectivity index (χ0v) is 24.0. The third-order valence-corrected chi connectivity index (χ3v) is 8.88. The van der Waals surface area contributed by atoms with Gasteiger partial charge >= 0.3 is 5.97 Å². The Labute approximate surface area is 232 Å². The van der Waals surface area contributed by atoms with Crippen LogP contribution >= 0.6 is 11.6 Å². The summed E-state index contributed by atoms with van der Waals surface area (Å²) in [5, 5.41) is 11.2. The molecule has 2 aromatic carbocycles. The Morgan fingerprint density at radius 2 is 1.90 bits per heavy atom. The summed E-state index contributed by atoms with van der Waals surface area (Å²) >= 11 is 6.36. The molecule has 8 nitrogen and oxygen atoms in total. The molecule has 4 aromatic rings. The smallest absolute Gasteiger partial charge is 0.307 e. The Balaban J connectivity index is 1.88. The highest BCUT2D eigenvalue weighted by molar-refractivity contribution is 7.92. The number of pyridine rings is 1. The van der Waals surface area contributed by atoms with Crippen molar-refractivity contribution in [3.8, 4) is 16.9 Å². The number of anilines is 1. The Morgan fingerprint density at radius 1 is 1.15 bits per heavy atom. The summed E-state index contributed by atoms with van der Waals surface area (Å²) in [7, 11) is -3.96. The first-order valence-electron chi connectivity index (χ1n) is 12.6. The number of benzene rings is 2. The standard InChI is InChI=1S/C29H30ClN3O5S/c1-17-13-23-26(21-9-8-19(30)14-24(21)38-29(3,4)5)22(15-25(34)35)18(2)27-28(23)32(17)11-12-33(27)39(36,37)20-7-6-10-31-16-20/h6-10,13-14,16H,11-12,15H2,1-5H3,(H,34,35). The number of rotatable bonds is 6. The van der Waals surface area contributed by atoms with Gasteiger partial charge in [0.1, 0.15) is 16.2 Å². The normalized spacial score (nSPS) is 13.6. The maximum atomic E-state index is 13.9. The average molecular weight is 568 g/mol. The molecule has 0 atom stereocenters. The van der Waals surface area contributed by atoms with Gasteiger partial charge in [0.25, 0.3) is 10.0 Å². The van der Waals surface area contributed by atoms with Gasteiger partial charge in [-0.1, -0.05) is 11.6 Å². The molecule has 0 saturated carbocycles. The Kier molecular flexibility index (Phi) is 6.63. The van der Waals surface area contributed by atoms with Crippen molar-refractivity contribution >= 4 is 44.2 Å². The van der Waals surface area contributed by atoms with E-state index in [9.17, 15) is 18.3 Å². The molecular weight excluding hydrogens is 538 g/mol. The molecule has 5 rings (SSSR count). The van der Waals surface area contributed by atoms with Crippen LogP contribution in [0.25, 0.3) is 22.0 Å². The van der Waals surface area contributed by atoms with Gasteiger partial charge in [-0.15, -0.1) is 0 Å². The van der Waals surface area contributed by atoms with Crippen LogP contribution in [0.4, 0.5) is 5.69 Å². The average Bonchev–Trinajstić information content (AvgIpc) is 3.19. The van der Waals surface area contributed by atoms with Gasteiger partial charge in [0.2, 0.25) is 0 Å². The van der Waals surface area contributed by atoms with Crippen LogP contribution < -0.4 is 9.04 Å². The van der Waals surface area contributed by atoms with Gasteiger partial charge in [0.05, 0.1) is 24.2 Å². The number of aryl methyl sites for hydroxylation is 1. The first-order valence-corrected chi connectivity index (χ1v) is 14.4. The van der Waals surface area contributed by atoms with Crippen LogP contribution in [0.1, 0.15) is 37.6 Å². The van der Waals surface area contributed by atoms with Gasteiger partial charge in [0, 0.05) is 40.6 Å². The number of carbonyl (C=O) groups is 1. The number of hydrogen-bond donors (Lipinski definition) is 1. The number of nitrogens with zero attached hydrogens (tertiary/aromatic N) is 3. The number of carboxylic acid groups (broad SMARTS) is 1. The molecule has 1 N–H and O–H groups in total. The molecule has 39 heavy (non-hydrogen) atoms. The Hall–Kier alpha value is -3.56. The molecule has 0 aliphatic carbocycles. The molecule has 1 aliphatic heterocycles. The van der Waals surface area contributed by atoms with Crippen molar-refractivity contribution in [1.82, 2.24) is 9.55 Å². The summed E-state index contributed by atoms with van der Waals surface area (Å²) in [6, 6.07) is 10.4. The lowest BCUT2D eigenvalue weighted by atomic mass is 9.88. The highest BCUT2D eigenvalue weighted by Crippen LogP contribution is 2.48. The minimum atomic E-state index is -3.96. The second-order valence-corrected chi connectivity index (χ2v) is 13.0. The fraction of sp³-hybridized carbons (Fsp3) is 0.310. The molecule has 0 radical (unpaired) electrons. The number of ether oxygens (including phenoxy) is 1. The van der Waals surface area contributed by atoms with Crippen LogP contribution in [0.3, 0.4) is 0 Å². The molecule has 3 heterocycles. The zero-order chi connectivity index (χ0) is 28.3. The molecule has 0 spiro atoms. The van der Waals surface area contributed by atoms with Crippen LogP contribution in [-0.2, 0) is 27.8 Å². The van der Waals surface area contributed by atoms with Crippen molar-refractivity contribution < 1.29 is 23.1 Å². The summed E-state index contributed by atoms with van der Waals surface area (Å²) in [5.74, 6) is -0.496. The molecule has 10 heteroatoms. The maximum Gasteiger partial charge on any atom is 0.307 e. The van der Waals surface area contributed by atoms with Crippen LogP contribution in [0.2, 0.25) is 5.02 Å². The molecule has 0 fully saturated rings. The van der Waals surface area contributed by atoms with Gasteiger partial charge < -0.3 is 14.4 Å². The van der Waals surface area contributed by atoms with E-state index in [2.05, 4.69) is 9.55 Å². The maximum absolute atomic E-state index is 13.9. The summed E-state index contributed by atoms with van der Waals surface area (Å²) in [6.07, 6.45) is 2.56. The molecule has 0 saturated heterocycles. The fourth-order valence-corrected chi connectivity index (χ4v) is 7.00. The van der Waals surface area contributed by atoms with Crippen molar-refractivity contribution in [2.45, 2.75) is 58.1 Å². The van der Waals surface area contributed by atoms with E-state index in [1.54, 1.807) is 25.1 Å². The van der Waals surface area contributed by atoms with E-state index in [-0.39, 0.29) is 17.9 Å². The number of halogens is 1. The van der Waals surface area contributed by atoms with Gasteiger partial charge in [0.15, 0.2) is 0 Å². The predicted molar refractivity (Wildman–Crippen MR) is 152 cm³/mol. The molecule has 0 amide bonds. The van der Waals surface area contributed by atoms with Gasteiger partial charge in [-0.2, -0.15) is 0 Å². The quantitative estimate of drug-likeness (QED) is 0.307. The lowest BCUT2D eigenvalue weighted by Crippen LogP contribution is -2.38. The van der Waals surface area contributed by atoms with Crippen LogP contribution in [0, 0.1) is 13.8 Å². The summed E-state index contributed by atoms with van der Waals surface area (Å²) in [4.78, 5) is 16.3.